The number of rotatable bonds is 4. The van der Waals surface area contributed by atoms with Gasteiger partial charge >= 0.3 is 0 Å². The molecule has 1 amide bonds. The number of nitrogens with two attached hydrogens (primary N) is 1. The summed E-state index contributed by atoms with van der Waals surface area (Å²) < 4.78 is 0. The number of hydrogen-bond donors (Lipinski definition) is 1. The summed E-state index contributed by atoms with van der Waals surface area (Å²) in [7, 11) is 1.84. The SMILES string of the molecule is CC(C)C(C)N(C)C(=O)C1(C(N)=S)CC1. The van der Waals surface area contributed by atoms with Gasteiger partial charge in [0.25, 0.3) is 0 Å². The number of hydrogen-bond acceptors (Lipinski definition) is 2. The van der Waals surface area contributed by atoms with Gasteiger partial charge in [-0.3, -0.25) is 4.79 Å². The second kappa shape index (κ2) is 4.08. The van der Waals surface area contributed by atoms with Crippen molar-refractivity contribution in [3.63, 3.8) is 0 Å². The van der Waals surface area contributed by atoms with E-state index in [2.05, 4.69) is 20.8 Å². The standard InChI is InChI=1S/C11H20N2OS/c1-7(2)8(3)13(4)10(14)11(5-6-11)9(12)15/h7-8H,5-6H2,1-4H3,(H2,12,15). The zero-order valence-corrected chi connectivity index (χ0v) is 10.7. The molecule has 0 aromatic rings. The fourth-order valence-corrected chi connectivity index (χ4v) is 1.95. The van der Waals surface area contributed by atoms with E-state index in [9.17, 15) is 4.79 Å². The van der Waals surface area contributed by atoms with Crippen LogP contribution in [-0.2, 0) is 4.79 Å². The molecule has 1 unspecified atom stereocenters. The lowest BCUT2D eigenvalue weighted by atomic mass is 10.0. The van der Waals surface area contributed by atoms with E-state index in [0.29, 0.717) is 10.9 Å². The zero-order valence-electron chi connectivity index (χ0n) is 9.91. The van der Waals surface area contributed by atoms with Crippen LogP contribution >= 0.6 is 12.2 Å². The van der Waals surface area contributed by atoms with Crippen LogP contribution in [0.25, 0.3) is 0 Å². The first-order valence-electron chi connectivity index (χ1n) is 5.40. The van der Waals surface area contributed by atoms with Crippen LogP contribution in [0.1, 0.15) is 33.6 Å². The molecule has 1 aliphatic carbocycles. The van der Waals surface area contributed by atoms with Gasteiger partial charge in [-0.25, -0.2) is 0 Å². The third kappa shape index (κ3) is 2.14. The minimum absolute atomic E-state index is 0.0937. The minimum atomic E-state index is -0.507. The molecule has 0 heterocycles. The molecular weight excluding hydrogens is 208 g/mol. The number of thiocarbonyl (C=S) groups is 1. The van der Waals surface area contributed by atoms with Gasteiger partial charge < -0.3 is 10.6 Å². The summed E-state index contributed by atoms with van der Waals surface area (Å²) >= 11 is 4.97. The molecule has 1 aliphatic rings. The van der Waals surface area contributed by atoms with E-state index in [-0.39, 0.29) is 11.9 Å². The summed E-state index contributed by atoms with van der Waals surface area (Å²) in [5.41, 5.74) is 5.12. The highest BCUT2D eigenvalue weighted by Crippen LogP contribution is 2.47. The molecular formula is C11H20N2OS. The van der Waals surface area contributed by atoms with Crippen LogP contribution in [0, 0.1) is 11.3 Å². The lowest BCUT2D eigenvalue weighted by molar-refractivity contribution is -0.135. The van der Waals surface area contributed by atoms with Crippen molar-refractivity contribution in [3.8, 4) is 0 Å². The fraction of sp³-hybridized carbons (Fsp3) is 0.818. The molecule has 0 aromatic heterocycles. The van der Waals surface area contributed by atoms with Crippen LogP contribution in [0.3, 0.4) is 0 Å². The Bertz CT molecular complexity index is 284. The maximum Gasteiger partial charge on any atom is 0.235 e. The van der Waals surface area contributed by atoms with Crippen LogP contribution in [0.2, 0.25) is 0 Å². The van der Waals surface area contributed by atoms with Gasteiger partial charge in [0.2, 0.25) is 5.91 Å². The van der Waals surface area contributed by atoms with Crippen molar-refractivity contribution in [2.24, 2.45) is 17.1 Å². The van der Waals surface area contributed by atoms with Crippen molar-refractivity contribution in [1.29, 1.82) is 0 Å². The largest absolute Gasteiger partial charge is 0.392 e. The topological polar surface area (TPSA) is 46.3 Å². The summed E-state index contributed by atoms with van der Waals surface area (Å²) in [6.07, 6.45) is 1.63. The molecule has 0 aliphatic heterocycles. The molecule has 1 saturated carbocycles. The molecule has 4 heteroatoms. The van der Waals surface area contributed by atoms with Gasteiger partial charge in [0.1, 0.15) is 0 Å². The number of carbonyl (C=O) groups excluding carboxylic acids is 1. The highest BCUT2D eigenvalue weighted by Gasteiger charge is 2.54. The molecule has 0 aromatic carbocycles. The zero-order chi connectivity index (χ0) is 11.8. The molecule has 0 radical (unpaired) electrons. The van der Waals surface area contributed by atoms with Crippen LogP contribution in [-0.4, -0.2) is 28.9 Å². The monoisotopic (exact) mass is 228 g/mol. The van der Waals surface area contributed by atoms with E-state index in [0.717, 1.165) is 12.8 Å². The highest BCUT2D eigenvalue weighted by atomic mass is 32.1. The third-order valence-electron chi connectivity index (χ3n) is 3.53. The first-order chi connectivity index (χ1) is 6.83. The molecule has 0 spiro atoms. The Morgan fingerprint density at radius 2 is 1.87 bits per heavy atom. The molecule has 86 valence electrons. The Labute approximate surface area is 97.0 Å². The minimum Gasteiger partial charge on any atom is -0.392 e. The average molecular weight is 228 g/mol. The van der Waals surface area contributed by atoms with Gasteiger partial charge in [0, 0.05) is 13.1 Å². The Morgan fingerprint density at radius 1 is 1.40 bits per heavy atom. The van der Waals surface area contributed by atoms with Crippen LogP contribution < -0.4 is 5.73 Å². The van der Waals surface area contributed by atoms with Gasteiger partial charge in [-0.2, -0.15) is 0 Å². The van der Waals surface area contributed by atoms with E-state index in [1.165, 1.54) is 0 Å². The van der Waals surface area contributed by atoms with Crippen LogP contribution in [0.4, 0.5) is 0 Å². The second-order valence-corrected chi connectivity index (χ2v) is 5.29. The third-order valence-corrected chi connectivity index (χ3v) is 3.92. The van der Waals surface area contributed by atoms with Crippen molar-refractivity contribution >= 4 is 23.1 Å². The smallest absolute Gasteiger partial charge is 0.235 e. The van der Waals surface area contributed by atoms with Gasteiger partial charge in [-0.15, -0.1) is 0 Å². The van der Waals surface area contributed by atoms with Gasteiger partial charge in [-0.1, -0.05) is 26.1 Å². The van der Waals surface area contributed by atoms with Crippen molar-refractivity contribution < 1.29 is 4.79 Å². The fourth-order valence-electron chi connectivity index (χ4n) is 1.66. The Balaban J connectivity index is 2.73. The number of nitrogens with zero attached hydrogens (tertiary/aromatic N) is 1. The molecule has 0 bridgehead atoms. The molecule has 1 atom stereocenters. The molecule has 2 N–H and O–H groups in total. The van der Waals surface area contributed by atoms with Crippen molar-refractivity contribution in [3.05, 3.63) is 0 Å². The van der Waals surface area contributed by atoms with Gasteiger partial charge in [0.15, 0.2) is 0 Å². The van der Waals surface area contributed by atoms with E-state index in [1.54, 1.807) is 4.90 Å². The molecule has 3 nitrogen and oxygen atoms in total. The summed E-state index contributed by atoms with van der Waals surface area (Å²) in [5, 5.41) is 0. The molecule has 1 fully saturated rings. The second-order valence-electron chi connectivity index (χ2n) is 4.85. The molecule has 0 saturated heterocycles. The quantitative estimate of drug-likeness (QED) is 0.743. The molecule has 1 rings (SSSR count). The Hall–Kier alpha value is -0.640. The number of amides is 1. The van der Waals surface area contributed by atoms with Crippen molar-refractivity contribution in [1.82, 2.24) is 4.90 Å². The summed E-state index contributed by atoms with van der Waals surface area (Å²) in [6, 6.07) is 0.226. The van der Waals surface area contributed by atoms with Crippen molar-refractivity contribution in [2.45, 2.75) is 39.7 Å². The highest BCUT2D eigenvalue weighted by molar-refractivity contribution is 7.80. The van der Waals surface area contributed by atoms with Crippen LogP contribution in [0.15, 0.2) is 0 Å². The Kier molecular flexibility index (Phi) is 3.38. The maximum absolute atomic E-state index is 12.2. The van der Waals surface area contributed by atoms with Gasteiger partial charge in [-0.05, 0) is 25.7 Å². The first-order valence-corrected chi connectivity index (χ1v) is 5.81. The predicted octanol–water partition coefficient (Wildman–Crippen LogP) is 1.56. The van der Waals surface area contributed by atoms with Crippen molar-refractivity contribution in [2.75, 3.05) is 7.05 Å². The van der Waals surface area contributed by atoms with E-state index < -0.39 is 5.41 Å². The number of carbonyl (C=O) groups is 1. The lowest BCUT2D eigenvalue weighted by Gasteiger charge is -2.31. The summed E-state index contributed by atoms with van der Waals surface area (Å²) in [5.74, 6) is 0.539. The Morgan fingerprint density at radius 3 is 2.13 bits per heavy atom. The van der Waals surface area contributed by atoms with E-state index in [1.807, 2.05) is 7.05 Å². The van der Waals surface area contributed by atoms with E-state index >= 15 is 0 Å². The average Bonchev–Trinajstić information content (AvgIpc) is 2.94. The first kappa shape index (κ1) is 12.4. The van der Waals surface area contributed by atoms with Gasteiger partial charge in [0.05, 0.1) is 10.4 Å². The summed E-state index contributed by atoms with van der Waals surface area (Å²) in [6.45, 7) is 6.27. The predicted molar refractivity (Wildman–Crippen MR) is 65.5 cm³/mol. The lowest BCUT2D eigenvalue weighted by Crippen LogP contribution is -2.46. The normalized spacial score (nSPS) is 19.8. The maximum atomic E-state index is 12.2. The molecule has 15 heavy (non-hydrogen) atoms. The van der Waals surface area contributed by atoms with E-state index in [4.69, 9.17) is 18.0 Å². The summed E-state index contributed by atoms with van der Waals surface area (Å²) in [4.78, 5) is 14.3. The van der Waals surface area contributed by atoms with Crippen LogP contribution in [0.5, 0.6) is 0 Å².